The predicted octanol–water partition coefficient (Wildman–Crippen LogP) is 3.03. The molecular formula is C12H15ClN4S. The molecular weight excluding hydrogens is 268 g/mol. The number of H-pyrrole nitrogens is 1. The molecule has 4 nitrogen and oxygen atoms in total. The van der Waals surface area contributed by atoms with Gasteiger partial charge in [-0.25, -0.2) is 4.98 Å². The van der Waals surface area contributed by atoms with E-state index in [2.05, 4.69) is 27.4 Å². The van der Waals surface area contributed by atoms with Crippen LogP contribution in [0.2, 0.25) is 5.02 Å². The second kappa shape index (κ2) is 6.22. The molecule has 2 aromatic rings. The van der Waals surface area contributed by atoms with Crippen molar-refractivity contribution >= 4 is 23.4 Å². The normalized spacial score (nSPS) is 10.8. The third-order valence-corrected chi connectivity index (χ3v) is 3.73. The highest BCUT2D eigenvalue weighted by Gasteiger charge is 2.10. The maximum Gasteiger partial charge on any atom is 0.213 e. The van der Waals surface area contributed by atoms with E-state index in [0.29, 0.717) is 5.16 Å². The van der Waals surface area contributed by atoms with E-state index in [1.807, 2.05) is 25.1 Å². The first-order chi connectivity index (χ1) is 8.70. The number of aromatic nitrogens is 3. The highest BCUT2D eigenvalue weighted by atomic mass is 35.5. The van der Waals surface area contributed by atoms with Gasteiger partial charge in [0.25, 0.3) is 0 Å². The van der Waals surface area contributed by atoms with Crippen LogP contribution in [0.4, 0.5) is 0 Å². The van der Waals surface area contributed by atoms with Gasteiger partial charge in [0.05, 0.1) is 0 Å². The Labute approximate surface area is 116 Å². The molecule has 0 spiro atoms. The molecule has 0 radical (unpaired) electrons. The Bertz CT molecular complexity index is 527. The van der Waals surface area contributed by atoms with Crippen molar-refractivity contribution in [3.63, 3.8) is 0 Å². The fourth-order valence-corrected chi connectivity index (χ4v) is 2.74. The maximum absolute atomic E-state index is 6.23. The SMILES string of the molecule is CCNCc1c(Cl)cccc1Sc1n[nH]c(C)n1. The van der Waals surface area contributed by atoms with Gasteiger partial charge in [-0.3, -0.25) is 5.10 Å². The summed E-state index contributed by atoms with van der Waals surface area (Å²) >= 11 is 7.76. The summed E-state index contributed by atoms with van der Waals surface area (Å²) in [5.74, 6) is 0.813. The molecule has 18 heavy (non-hydrogen) atoms. The Morgan fingerprint density at radius 1 is 1.44 bits per heavy atom. The second-order valence-corrected chi connectivity index (χ2v) is 5.22. The van der Waals surface area contributed by atoms with Gasteiger partial charge >= 0.3 is 0 Å². The van der Waals surface area contributed by atoms with Crippen LogP contribution in [0.1, 0.15) is 18.3 Å². The van der Waals surface area contributed by atoms with E-state index in [9.17, 15) is 0 Å². The molecule has 2 N–H and O–H groups in total. The van der Waals surface area contributed by atoms with E-state index in [0.717, 1.165) is 34.4 Å². The Morgan fingerprint density at radius 2 is 2.28 bits per heavy atom. The Kier molecular flexibility index (Phi) is 4.63. The minimum Gasteiger partial charge on any atom is -0.313 e. The van der Waals surface area contributed by atoms with Gasteiger partial charge in [-0.1, -0.05) is 24.6 Å². The zero-order chi connectivity index (χ0) is 13.0. The summed E-state index contributed by atoms with van der Waals surface area (Å²) < 4.78 is 0. The summed E-state index contributed by atoms with van der Waals surface area (Å²) in [5, 5.41) is 11.7. The van der Waals surface area contributed by atoms with Gasteiger partial charge in [0, 0.05) is 16.5 Å². The maximum atomic E-state index is 6.23. The predicted molar refractivity (Wildman–Crippen MR) is 74.1 cm³/mol. The fourth-order valence-electron chi connectivity index (χ4n) is 1.52. The molecule has 0 atom stereocenters. The summed E-state index contributed by atoms with van der Waals surface area (Å²) in [6.07, 6.45) is 0. The summed E-state index contributed by atoms with van der Waals surface area (Å²) in [6.45, 7) is 5.62. The average molecular weight is 283 g/mol. The molecule has 0 aliphatic rings. The van der Waals surface area contributed by atoms with Crippen molar-refractivity contribution in [1.82, 2.24) is 20.5 Å². The molecule has 0 unspecified atom stereocenters. The van der Waals surface area contributed by atoms with E-state index < -0.39 is 0 Å². The average Bonchev–Trinajstić information content (AvgIpc) is 2.74. The number of halogens is 1. The first kappa shape index (κ1) is 13.4. The molecule has 0 saturated heterocycles. The van der Waals surface area contributed by atoms with Crippen molar-refractivity contribution in [3.05, 3.63) is 34.6 Å². The molecule has 1 heterocycles. The van der Waals surface area contributed by atoms with Gasteiger partial charge in [0.1, 0.15) is 5.82 Å². The van der Waals surface area contributed by atoms with E-state index in [1.54, 1.807) is 0 Å². The number of nitrogens with zero attached hydrogens (tertiary/aromatic N) is 2. The van der Waals surface area contributed by atoms with Crippen molar-refractivity contribution in [2.24, 2.45) is 0 Å². The first-order valence-corrected chi connectivity index (χ1v) is 6.95. The number of hydrogen-bond acceptors (Lipinski definition) is 4. The molecule has 0 fully saturated rings. The zero-order valence-corrected chi connectivity index (χ0v) is 11.9. The van der Waals surface area contributed by atoms with E-state index in [-0.39, 0.29) is 0 Å². The minimum atomic E-state index is 0.715. The molecule has 96 valence electrons. The minimum absolute atomic E-state index is 0.715. The number of hydrogen-bond donors (Lipinski definition) is 2. The molecule has 0 aliphatic carbocycles. The van der Waals surface area contributed by atoms with Crippen LogP contribution in [0.15, 0.2) is 28.3 Å². The second-order valence-electron chi connectivity index (χ2n) is 3.80. The van der Waals surface area contributed by atoms with Gasteiger partial charge in [0.15, 0.2) is 0 Å². The van der Waals surface area contributed by atoms with Crippen LogP contribution >= 0.6 is 23.4 Å². The lowest BCUT2D eigenvalue weighted by atomic mass is 10.2. The monoisotopic (exact) mass is 282 g/mol. The molecule has 1 aromatic heterocycles. The highest BCUT2D eigenvalue weighted by Crippen LogP contribution is 2.31. The summed E-state index contributed by atoms with van der Waals surface area (Å²) in [4.78, 5) is 5.38. The number of aromatic amines is 1. The van der Waals surface area contributed by atoms with Gasteiger partial charge in [-0.05, 0) is 42.9 Å². The van der Waals surface area contributed by atoms with Gasteiger partial charge in [-0.2, -0.15) is 0 Å². The lowest BCUT2D eigenvalue weighted by molar-refractivity contribution is 0.718. The zero-order valence-electron chi connectivity index (χ0n) is 10.3. The van der Waals surface area contributed by atoms with E-state index >= 15 is 0 Å². The van der Waals surface area contributed by atoms with Crippen LogP contribution in [0.5, 0.6) is 0 Å². The van der Waals surface area contributed by atoms with Gasteiger partial charge < -0.3 is 5.32 Å². The molecule has 0 aliphatic heterocycles. The van der Waals surface area contributed by atoms with Crippen molar-refractivity contribution in [2.75, 3.05) is 6.54 Å². The molecule has 1 aromatic carbocycles. The molecule has 0 saturated carbocycles. The lowest BCUT2D eigenvalue weighted by Crippen LogP contribution is -2.12. The third-order valence-electron chi connectivity index (χ3n) is 2.41. The number of benzene rings is 1. The molecule has 2 rings (SSSR count). The molecule has 6 heteroatoms. The van der Waals surface area contributed by atoms with Crippen molar-refractivity contribution in [2.45, 2.75) is 30.4 Å². The van der Waals surface area contributed by atoms with Crippen molar-refractivity contribution < 1.29 is 0 Å². The Balaban J connectivity index is 2.23. The fraction of sp³-hybridized carbons (Fsp3) is 0.333. The summed E-state index contributed by atoms with van der Waals surface area (Å²) in [5.41, 5.74) is 1.09. The molecule has 0 bridgehead atoms. The third kappa shape index (κ3) is 3.25. The van der Waals surface area contributed by atoms with Gasteiger partial charge in [-0.15, -0.1) is 5.10 Å². The van der Waals surface area contributed by atoms with Crippen molar-refractivity contribution in [3.8, 4) is 0 Å². The van der Waals surface area contributed by atoms with Crippen LogP contribution in [-0.4, -0.2) is 21.7 Å². The first-order valence-electron chi connectivity index (χ1n) is 5.75. The van der Waals surface area contributed by atoms with Crippen LogP contribution < -0.4 is 5.32 Å². The number of nitrogens with one attached hydrogen (secondary N) is 2. The lowest BCUT2D eigenvalue weighted by Gasteiger charge is -2.09. The molecule has 0 amide bonds. The summed E-state index contributed by atoms with van der Waals surface area (Å²) in [7, 11) is 0. The smallest absolute Gasteiger partial charge is 0.213 e. The van der Waals surface area contributed by atoms with Crippen LogP contribution in [-0.2, 0) is 6.54 Å². The standard InChI is InChI=1S/C12H15ClN4S/c1-3-14-7-9-10(13)5-4-6-11(9)18-12-15-8(2)16-17-12/h4-6,14H,3,7H2,1-2H3,(H,15,16,17). The van der Waals surface area contributed by atoms with Gasteiger partial charge in [0.2, 0.25) is 5.16 Å². The van der Waals surface area contributed by atoms with Crippen molar-refractivity contribution in [1.29, 1.82) is 0 Å². The topological polar surface area (TPSA) is 53.6 Å². The van der Waals surface area contributed by atoms with Crippen LogP contribution in [0.3, 0.4) is 0 Å². The quantitative estimate of drug-likeness (QED) is 0.885. The summed E-state index contributed by atoms with van der Waals surface area (Å²) in [6, 6.07) is 5.88. The van der Waals surface area contributed by atoms with Crippen LogP contribution in [0.25, 0.3) is 0 Å². The largest absolute Gasteiger partial charge is 0.313 e. The number of aryl methyl sites for hydroxylation is 1. The van der Waals surface area contributed by atoms with E-state index in [1.165, 1.54) is 11.8 Å². The van der Waals surface area contributed by atoms with E-state index in [4.69, 9.17) is 11.6 Å². The Hall–Kier alpha value is -1.04. The Morgan fingerprint density at radius 3 is 2.94 bits per heavy atom. The highest BCUT2D eigenvalue weighted by molar-refractivity contribution is 7.99. The van der Waals surface area contributed by atoms with Crippen LogP contribution in [0, 0.1) is 6.92 Å². The number of rotatable bonds is 5.